The molecule has 4 nitrogen and oxygen atoms in total. The van der Waals surface area contributed by atoms with Gasteiger partial charge in [0, 0.05) is 18.0 Å². The van der Waals surface area contributed by atoms with Gasteiger partial charge in [0.15, 0.2) is 5.96 Å². The lowest BCUT2D eigenvalue weighted by Gasteiger charge is -2.12. The number of hydrogen-bond donors (Lipinski definition) is 2. The first-order chi connectivity index (χ1) is 11.7. The van der Waals surface area contributed by atoms with E-state index < -0.39 is 0 Å². The zero-order valence-corrected chi connectivity index (χ0v) is 15.3. The standard InChI is InChI=1S/C19H25N3OS/c1-4-20-19(21-13-15-8-10-18(24-3)11-9-15)22-14-16-6-5-7-17(12-16)23-2/h5-12H,4,13-14H2,1-3H3,(H2,20,21,22). The maximum absolute atomic E-state index is 5.25. The molecule has 0 amide bonds. The van der Waals surface area contributed by atoms with Crippen molar-refractivity contribution in [3.63, 3.8) is 0 Å². The number of rotatable bonds is 7. The molecule has 2 aromatic carbocycles. The van der Waals surface area contributed by atoms with Crippen molar-refractivity contribution in [3.05, 3.63) is 59.7 Å². The van der Waals surface area contributed by atoms with Gasteiger partial charge in [0.1, 0.15) is 5.75 Å². The van der Waals surface area contributed by atoms with E-state index in [0.717, 1.165) is 30.4 Å². The number of guanidine groups is 1. The first-order valence-corrected chi connectivity index (χ1v) is 9.25. The molecule has 2 N–H and O–H groups in total. The smallest absolute Gasteiger partial charge is 0.191 e. The van der Waals surface area contributed by atoms with Crippen molar-refractivity contribution in [1.29, 1.82) is 0 Å². The van der Waals surface area contributed by atoms with Gasteiger partial charge in [0.25, 0.3) is 0 Å². The second-order valence-electron chi connectivity index (χ2n) is 5.25. The minimum atomic E-state index is 0.609. The minimum Gasteiger partial charge on any atom is -0.497 e. The van der Waals surface area contributed by atoms with Gasteiger partial charge in [-0.2, -0.15) is 0 Å². The van der Waals surface area contributed by atoms with E-state index in [4.69, 9.17) is 4.74 Å². The van der Waals surface area contributed by atoms with Crippen molar-refractivity contribution in [3.8, 4) is 5.75 Å². The predicted octanol–water partition coefficient (Wildman–Crippen LogP) is 3.67. The van der Waals surface area contributed by atoms with Crippen molar-refractivity contribution in [2.75, 3.05) is 19.9 Å². The molecular weight excluding hydrogens is 318 g/mol. The highest BCUT2D eigenvalue weighted by atomic mass is 32.2. The molecule has 0 fully saturated rings. The van der Waals surface area contributed by atoms with Crippen molar-refractivity contribution >= 4 is 17.7 Å². The number of methoxy groups -OCH3 is 1. The van der Waals surface area contributed by atoms with Crippen LogP contribution >= 0.6 is 11.8 Å². The zero-order valence-electron chi connectivity index (χ0n) is 14.5. The summed E-state index contributed by atoms with van der Waals surface area (Å²) in [6.07, 6.45) is 2.09. The van der Waals surface area contributed by atoms with Crippen LogP contribution in [0.5, 0.6) is 5.75 Å². The molecule has 0 aliphatic carbocycles. The van der Waals surface area contributed by atoms with Gasteiger partial charge >= 0.3 is 0 Å². The summed E-state index contributed by atoms with van der Waals surface area (Å²) in [5.41, 5.74) is 2.36. The molecule has 2 aromatic rings. The largest absolute Gasteiger partial charge is 0.497 e. The zero-order chi connectivity index (χ0) is 17.2. The van der Waals surface area contributed by atoms with Crippen molar-refractivity contribution in [1.82, 2.24) is 10.6 Å². The summed E-state index contributed by atoms with van der Waals surface area (Å²) in [5, 5.41) is 6.65. The molecule has 0 heterocycles. The lowest BCUT2D eigenvalue weighted by atomic mass is 10.2. The topological polar surface area (TPSA) is 45.7 Å². The summed E-state index contributed by atoms with van der Waals surface area (Å²) < 4.78 is 5.25. The number of hydrogen-bond acceptors (Lipinski definition) is 3. The third-order valence-electron chi connectivity index (χ3n) is 3.52. The Morgan fingerprint density at radius 3 is 2.54 bits per heavy atom. The van der Waals surface area contributed by atoms with Crippen LogP contribution in [-0.4, -0.2) is 25.9 Å². The minimum absolute atomic E-state index is 0.609. The molecular formula is C19H25N3OS. The average Bonchev–Trinajstić information content (AvgIpc) is 2.64. The molecule has 5 heteroatoms. The molecule has 0 saturated heterocycles. The fourth-order valence-corrected chi connectivity index (χ4v) is 2.62. The van der Waals surface area contributed by atoms with E-state index in [0.29, 0.717) is 6.54 Å². The Morgan fingerprint density at radius 1 is 1.08 bits per heavy atom. The van der Waals surface area contributed by atoms with Gasteiger partial charge in [0.2, 0.25) is 0 Å². The highest BCUT2D eigenvalue weighted by molar-refractivity contribution is 7.98. The highest BCUT2D eigenvalue weighted by Crippen LogP contribution is 2.15. The molecule has 0 saturated carbocycles. The Balaban J connectivity index is 1.96. The third kappa shape index (κ3) is 5.81. The summed E-state index contributed by atoms with van der Waals surface area (Å²) in [4.78, 5) is 5.92. The highest BCUT2D eigenvalue weighted by Gasteiger charge is 2.00. The van der Waals surface area contributed by atoms with Crippen LogP contribution in [0.3, 0.4) is 0 Å². The normalized spacial score (nSPS) is 11.2. The second kappa shape index (κ2) is 9.88. The van der Waals surface area contributed by atoms with Crippen molar-refractivity contribution in [2.24, 2.45) is 4.99 Å². The summed E-state index contributed by atoms with van der Waals surface area (Å²) in [6.45, 7) is 4.25. The quantitative estimate of drug-likeness (QED) is 0.457. The summed E-state index contributed by atoms with van der Waals surface area (Å²) in [6, 6.07) is 16.6. The Kier molecular flexibility index (Phi) is 7.49. The molecule has 0 bridgehead atoms. The number of nitrogens with one attached hydrogen (secondary N) is 2. The first-order valence-electron chi connectivity index (χ1n) is 8.03. The van der Waals surface area contributed by atoms with Crippen LogP contribution in [0.4, 0.5) is 0 Å². The molecule has 0 radical (unpaired) electrons. The van der Waals surface area contributed by atoms with Crippen molar-refractivity contribution in [2.45, 2.75) is 24.9 Å². The Labute approximate surface area is 148 Å². The van der Waals surface area contributed by atoms with E-state index in [2.05, 4.69) is 59.1 Å². The molecule has 0 atom stereocenters. The van der Waals surface area contributed by atoms with Gasteiger partial charge in [-0.15, -0.1) is 11.8 Å². The Bertz CT molecular complexity index is 656. The molecule has 0 aliphatic heterocycles. The van der Waals surface area contributed by atoms with Gasteiger partial charge < -0.3 is 15.4 Å². The van der Waals surface area contributed by atoms with Gasteiger partial charge in [-0.1, -0.05) is 24.3 Å². The van der Waals surface area contributed by atoms with Gasteiger partial charge in [-0.25, -0.2) is 4.99 Å². The van der Waals surface area contributed by atoms with E-state index in [1.54, 1.807) is 18.9 Å². The first kappa shape index (κ1) is 18.2. The average molecular weight is 343 g/mol. The van der Waals surface area contributed by atoms with Crippen LogP contribution in [0.1, 0.15) is 18.1 Å². The van der Waals surface area contributed by atoms with E-state index in [1.807, 2.05) is 18.2 Å². The van der Waals surface area contributed by atoms with Crippen LogP contribution in [0, 0.1) is 0 Å². The molecule has 0 aliphatic rings. The summed E-state index contributed by atoms with van der Waals surface area (Å²) in [7, 11) is 1.68. The number of thioether (sulfide) groups is 1. The number of benzene rings is 2. The molecule has 24 heavy (non-hydrogen) atoms. The summed E-state index contributed by atoms with van der Waals surface area (Å²) in [5.74, 6) is 1.67. The third-order valence-corrected chi connectivity index (χ3v) is 4.26. The van der Waals surface area contributed by atoms with Gasteiger partial charge in [-0.3, -0.25) is 0 Å². The summed E-state index contributed by atoms with van der Waals surface area (Å²) >= 11 is 1.75. The molecule has 2 rings (SSSR count). The maximum atomic E-state index is 5.25. The number of nitrogens with zero attached hydrogens (tertiary/aromatic N) is 1. The number of aliphatic imine (C=N–C) groups is 1. The Morgan fingerprint density at radius 2 is 1.88 bits per heavy atom. The monoisotopic (exact) mass is 343 g/mol. The van der Waals surface area contributed by atoms with Gasteiger partial charge in [0.05, 0.1) is 13.7 Å². The number of ether oxygens (including phenoxy) is 1. The predicted molar refractivity (Wildman–Crippen MR) is 103 cm³/mol. The molecule has 128 valence electrons. The van der Waals surface area contributed by atoms with E-state index in [1.165, 1.54) is 10.5 Å². The van der Waals surface area contributed by atoms with Gasteiger partial charge in [-0.05, 0) is 48.6 Å². The van der Waals surface area contributed by atoms with E-state index >= 15 is 0 Å². The molecule has 0 spiro atoms. The maximum Gasteiger partial charge on any atom is 0.191 e. The van der Waals surface area contributed by atoms with Crippen LogP contribution in [-0.2, 0) is 13.1 Å². The van der Waals surface area contributed by atoms with E-state index in [-0.39, 0.29) is 0 Å². The Hall–Kier alpha value is -2.14. The van der Waals surface area contributed by atoms with E-state index in [9.17, 15) is 0 Å². The van der Waals surface area contributed by atoms with Crippen LogP contribution < -0.4 is 15.4 Å². The lowest BCUT2D eigenvalue weighted by molar-refractivity contribution is 0.414. The van der Waals surface area contributed by atoms with Crippen molar-refractivity contribution < 1.29 is 4.74 Å². The van der Waals surface area contributed by atoms with Crippen LogP contribution in [0.25, 0.3) is 0 Å². The lowest BCUT2D eigenvalue weighted by Crippen LogP contribution is -2.36. The van der Waals surface area contributed by atoms with Crippen LogP contribution in [0.2, 0.25) is 0 Å². The fraction of sp³-hybridized carbons (Fsp3) is 0.316. The fourth-order valence-electron chi connectivity index (χ4n) is 2.21. The molecule has 0 aromatic heterocycles. The van der Waals surface area contributed by atoms with Crippen LogP contribution in [0.15, 0.2) is 58.4 Å². The SMILES string of the molecule is CCNC(=NCc1cccc(OC)c1)NCc1ccc(SC)cc1. The second-order valence-corrected chi connectivity index (χ2v) is 6.13. The molecule has 0 unspecified atom stereocenters.